The van der Waals surface area contributed by atoms with Crippen molar-refractivity contribution in [2.24, 2.45) is 0 Å². The van der Waals surface area contributed by atoms with E-state index in [9.17, 15) is 9.59 Å². The first kappa shape index (κ1) is 23.4. The summed E-state index contributed by atoms with van der Waals surface area (Å²) in [7, 11) is 3.20. The summed E-state index contributed by atoms with van der Waals surface area (Å²) in [5.74, 6) is 1.23. The molecule has 0 spiro atoms. The van der Waals surface area contributed by atoms with Crippen LogP contribution in [0.4, 0.5) is 0 Å². The van der Waals surface area contributed by atoms with Gasteiger partial charge in [0.1, 0.15) is 11.5 Å². The lowest BCUT2D eigenvalue weighted by atomic mass is 10.0. The average molecular weight is 463 g/mol. The Bertz CT molecular complexity index is 1160. The molecule has 1 N–H and O–H groups in total. The molecular weight excluding hydrogens is 432 g/mol. The van der Waals surface area contributed by atoms with Crippen LogP contribution in [0, 0.1) is 6.92 Å². The molecule has 1 aliphatic heterocycles. The molecule has 1 aromatic heterocycles. The number of hydrogen-bond donors (Lipinski definition) is 1. The Kier molecular flexibility index (Phi) is 7.15. The first-order chi connectivity index (χ1) is 16.5. The summed E-state index contributed by atoms with van der Waals surface area (Å²) >= 11 is 0. The smallest absolute Gasteiger partial charge is 0.251 e. The van der Waals surface area contributed by atoms with Crippen molar-refractivity contribution in [3.8, 4) is 17.2 Å². The number of benzene rings is 2. The van der Waals surface area contributed by atoms with Gasteiger partial charge in [0.2, 0.25) is 5.91 Å². The fraction of sp³-hybridized carbons (Fsp3) is 0.346. The molecule has 8 heteroatoms. The van der Waals surface area contributed by atoms with Gasteiger partial charge in [0.25, 0.3) is 5.91 Å². The van der Waals surface area contributed by atoms with Gasteiger partial charge in [-0.05, 0) is 55.7 Å². The molecule has 0 bridgehead atoms. The Balaban J connectivity index is 1.38. The van der Waals surface area contributed by atoms with Crippen molar-refractivity contribution in [3.63, 3.8) is 0 Å². The van der Waals surface area contributed by atoms with Gasteiger partial charge in [-0.15, -0.1) is 0 Å². The third-order valence-corrected chi connectivity index (χ3v) is 6.06. The Hall–Kier alpha value is -3.81. The van der Waals surface area contributed by atoms with E-state index in [-0.39, 0.29) is 17.9 Å². The quantitative estimate of drug-likeness (QED) is 0.583. The van der Waals surface area contributed by atoms with Gasteiger partial charge in [-0.2, -0.15) is 0 Å². The number of amides is 2. The van der Waals surface area contributed by atoms with Crippen molar-refractivity contribution >= 4 is 11.8 Å². The molecule has 0 radical (unpaired) electrons. The van der Waals surface area contributed by atoms with Gasteiger partial charge in [0.05, 0.1) is 38.3 Å². The monoisotopic (exact) mass is 462 g/mol. The fourth-order valence-corrected chi connectivity index (χ4v) is 4.21. The zero-order chi connectivity index (χ0) is 24.1. The molecule has 2 amide bonds. The lowest BCUT2D eigenvalue weighted by molar-refractivity contribution is -0.131. The van der Waals surface area contributed by atoms with Crippen LogP contribution in [-0.2, 0) is 11.2 Å². The number of aryl methyl sites for hydroxylation is 1. The number of ether oxygens (including phenoxy) is 2. The van der Waals surface area contributed by atoms with E-state index in [2.05, 4.69) is 10.3 Å². The third kappa shape index (κ3) is 5.39. The second-order valence-electron chi connectivity index (χ2n) is 8.49. The normalized spacial score (nSPS) is 15.6. The molecule has 0 saturated carbocycles. The summed E-state index contributed by atoms with van der Waals surface area (Å²) in [5, 5.41) is 3.09. The molecule has 1 unspecified atom stereocenters. The summed E-state index contributed by atoms with van der Waals surface area (Å²) in [6, 6.07) is 12.8. The molecule has 2 aromatic carbocycles. The first-order valence-electron chi connectivity index (χ1n) is 11.4. The predicted octanol–water partition coefficient (Wildman–Crippen LogP) is 3.16. The molecule has 1 atom stereocenters. The van der Waals surface area contributed by atoms with Gasteiger partial charge in [-0.25, -0.2) is 4.98 Å². The summed E-state index contributed by atoms with van der Waals surface area (Å²) in [6.45, 7) is 3.12. The van der Waals surface area contributed by atoms with E-state index in [4.69, 9.17) is 9.47 Å². The topological polar surface area (TPSA) is 85.7 Å². The second kappa shape index (κ2) is 10.4. The molecule has 1 aliphatic rings. The minimum Gasteiger partial charge on any atom is -0.497 e. The number of aromatic nitrogens is 2. The summed E-state index contributed by atoms with van der Waals surface area (Å²) < 4.78 is 12.6. The van der Waals surface area contributed by atoms with Crippen molar-refractivity contribution in [2.75, 3.05) is 27.3 Å². The van der Waals surface area contributed by atoms with Crippen molar-refractivity contribution in [3.05, 3.63) is 71.8 Å². The molecule has 34 heavy (non-hydrogen) atoms. The Morgan fingerprint density at radius 3 is 2.59 bits per heavy atom. The molecule has 3 aromatic rings. The Labute approximate surface area is 199 Å². The van der Waals surface area contributed by atoms with E-state index in [0.29, 0.717) is 30.8 Å². The molecule has 1 fully saturated rings. The Morgan fingerprint density at radius 2 is 1.91 bits per heavy atom. The van der Waals surface area contributed by atoms with Gasteiger partial charge < -0.3 is 24.3 Å². The summed E-state index contributed by atoms with van der Waals surface area (Å²) in [6.07, 6.45) is 5.63. The van der Waals surface area contributed by atoms with Gasteiger partial charge in [-0.1, -0.05) is 12.1 Å². The maximum absolute atomic E-state index is 13.0. The maximum atomic E-state index is 13.0. The minimum atomic E-state index is -0.180. The van der Waals surface area contributed by atoms with E-state index >= 15 is 0 Å². The van der Waals surface area contributed by atoms with Crippen molar-refractivity contribution < 1.29 is 19.1 Å². The number of imidazole rings is 1. The lowest BCUT2D eigenvalue weighted by Crippen LogP contribution is -2.50. The molecule has 1 saturated heterocycles. The summed E-state index contributed by atoms with van der Waals surface area (Å²) in [4.78, 5) is 31.9. The van der Waals surface area contributed by atoms with Crippen LogP contribution in [0.1, 0.15) is 34.5 Å². The molecule has 178 valence electrons. The highest BCUT2D eigenvalue weighted by atomic mass is 16.5. The van der Waals surface area contributed by atoms with Crippen LogP contribution in [0.15, 0.2) is 55.0 Å². The lowest BCUT2D eigenvalue weighted by Gasteiger charge is -2.33. The fourth-order valence-electron chi connectivity index (χ4n) is 4.21. The summed E-state index contributed by atoms with van der Waals surface area (Å²) in [5.41, 5.74) is 3.16. The van der Waals surface area contributed by atoms with Crippen molar-refractivity contribution in [2.45, 2.75) is 32.2 Å². The number of rotatable bonds is 7. The number of piperidine rings is 1. The van der Waals surface area contributed by atoms with E-state index in [1.807, 2.05) is 52.9 Å². The highest BCUT2D eigenvalue weighted by Gasteiger charge is 2.25. The van der Waals surface area contributed by atoms with Crippen LogP contribution >= 0.6 is 0 Å². The van der Waals surface area contributed by atoms with Crippen LogP contribution in [0.2, 0.25) is 0 Å². The maximum Gasteiger partial charge on any atom is 0.251 e. The van der Waals surface area contributed by atoms with E-state index in [0.717, 1.165) is 35.5 Å². The minimum absolute atomic E-state index is 0.0609. The van der Waals surface area contributed by atoms with Gasteiger partial charge >= 0.3 is 0 Å². The molecule has 2 heterocycles. The number of carbonyl (C=O) groups excluding carboxylic acids is 2. The predicted molar refractivity (Wildman–Crippen MR) is 129 cm³/mol. The number of hydrogen-bond acceptors (Lipinski definition) is 5. The van der Waals surface area contributed by atoms with Crippen LogP contribution in [0.25, 0.3) is 5.69 Å². The number of nitrogens with one attached hydrogen (secondary N) is 1. The number of nitrogens with zero attached hydrogens (tertiary/aromatic N) is 3. The van der Waals surface area contributed by atoms with Crippen LogP contribution in [-0.4, -0.2) is 59.6 Å². The second-order valence-corrected chi connectivity index (χ2v) is 8.49. The zero-order valence-electron chi connectivity index (χ0n) is 19.8. The first-order valence-corrected chi connectivity index (χ1v) is 11.4. The van der Waals surface area contributed by atoms with Crippen molar-refractivity contribution in [1.82, 2.24) is 19.8 Å². The third-order valence-electron chi connectivity index (χ3n) is 6.06. The molecule has 4 rings (SSSR count). The van der Waals surface area contributed by atoms with Gasteiger partial charge in [0, 0.05) is 30.9 Å². The van der Waals surface area contributed by atoms with E-state index < -0.39 is 0 Å². The highest BCUT2D eigenvalue weighted by molar-refractivity contribution is 5.95. The van der Waals surface area contributed by atoms with Crippen LogP contribution in [0.3, 0.4) is 0 Å². The average Bonchev–Trinajstić information content (AvgIpc) is 3.30. The van der Waals surface area contributed by atoms with Crippen LogP contribution in [0.5, 0.6) is 11.5 Å². The number of methoxy groups -OCH3 is 2. The van der Waals surface area contributed by atoms with E-state index in [1.54, 1.807) is 32.7 Å². The van der Waals surface area contributed by atoms with Gasteiger partial charge in [-0.3, -0.25) is 9.59 Å². The largest absolute Gasteiger partial charge is 0.497 e. The van der Waals surface area contributed by atoms with E-state index in [1.165, 1.54) is 0 Å². The van der Waals surface area contributed by atoms with Gasteiger partial charge in [0.15, 0.2) is 0 Å². The zero-order valence-corrected chi connectivity index (χ0v) is 19.8. The molecule has 0 aliphatic carbocycles. The molecule has 8 nitrogen and oxygen atoms in total. The van der Waals surface area contributed by atoms with Crippen LogP contribution < -0.4 is 14.8 Å². The van der Waals surface area contributed by atoms with Crippen molar-refractivity contribution in [1.29, 1.82) is 0 Å². The molecular formula is C26H30N4O4. The standard InChI is InChI=1S/C26H30N4O4/c1-18-15-30(17-27-18)23-11-8-20(14-24(23)34-3)26(32)28-21-5-4-12-29(16-21)25(31)13-19-6-9-22(33-2)10-7-19/h6-11,14-15,17,21H,4-5,12-13,16H2,1-3H3,(H,28,32). The highest BCUT2D eigenvalue weighted by Crippen LogP contribution is 2.25. The number of likely N-dealkylation sites (tertiary alicyclic amines) is 1. The number of carbonyl (C=O) groups is 2. The SMILES string of the molecule is COc1ccc(CC(=O)N2CCCC(NC(=O)c3ccc(-n4cnc(C)c4)c(OC)c3)C2)cc1. The Morgan fingerprint density at radius 1 is 1.12 bits per heavy atom.